The summed E-state index contributed by atoms with van der Waals surface area (Å²) in [6.45, 7) is 7.24. The molecule has 3 aromatic heterocycles. The lowest BCUT2D eigenvalue weighted by atomic mass is 10.0. The van der Waals surface area contributed by atoms with Crippen molar-refractivity contribution < 1.29 is 9.53 Å². The largest absolute Gasteiger partial charge is 0.466 e. The Bertz CT molecular complexity index is 1930. The van der Waals surface area contributed by atoms with E-state index in [1.807, 2.05) is 24.8 Å². The normalized spacial score (nSPS) is 13.5. The van der Waals surface area contributed by atoms with Gasteiger partial charge in [-0.3, -0.25) is 23.4 Å². The summed E-state index contributed by atoms with van der Waals surface area (Å²) in [5.41, 5.74) is 4.13. The zero-order chi connectivity index (χ0) is 32.2. The molecule has 1 aliphatic heterocycles. The quantitative estimate of drug-likeness (QED) is 0.239. The summed E-state index contributed by atoms with van der Waals surface area (Å²) >= 11 is 0. The van der Waals surface area contributed by atoms with Crippen LogP contribution in [0.4, 0.5) is 5.69 Å². The zero-order valence-corrected chi connectivity index (χ0v) is 26.6. The number of hydrogen-bond donors (Lipinski definition) is 1. The van der Waals surface area contributed by atoms with E-state index < -0.39 is 5.56 Å². The monoisotopic (exact) mass is 624 g/mol. The molecule has 2 aromatic carbocycles. The van der Waals surface area contributed by atoms with Crippen molar-refractivity contribution in [3.05, 3.63) is 92.6 Å². The molecule has 4 heterocycles. The first-order valence-corrected chi connectivity index (χ1v) is 15.9. The molecule has 1 saturated heterocycles. The molecule has 0 saturated carbocycles. The molecule has 5 aromatic rings. The van der Waals surface area contributed by atoms with E-state index in [0.717, 1.165) is 31.6 Å². The lowest BCUT2D eigenvalue weighted by Crippen LogP contribution is -2.50. The lowest BCUT2D eigenvalue weighted by molar-refractivity contribution is -0.133. The number of nitrogens with one attached hydrogen (secondary N) is 1. The van der Waals surface area contributed by atoms with Crippen LogP contribution in [0.25, 0.3) is 22.7 Å². The number of hydrogen-bond acceptors (Lipinski definition) is 7. The molecule has 6 rings (SSSR count). The molecule has 1 fully saturated rings. The molecule has 12 nitrogen and oxygen atoms in total. The number of carbonyl (C=O) groups is 1. The Hall–Kier alpha value is -5.13. The number of imidazole rings is 1. The summed E-state index contributed by atoms with van der Waals surface area (Å²) in [5.74, 6) is 0.565. The Kier molecular flexibility index (Phi) is 9.04. The smallest absolute Gasteiger partial charge is 0.332 e. The second-order valence-electron chi connectivity index (χ2n) is 11.7. The van der Waals surface area contributed by atoms with Crippen molar-refractivity contribution >= 4 is 22.8 Å². The van der Waals surface area contributed by atoms with Gasteiger partial charge in [-0.1, -0.05) is 56.3 Å². The number of fused-ring (bicyclic) bond motifs is 1. The highest BCUT2D eigenvalue weighted by Crippen LogP contribution is 2.23. The van der Waals surface area contributed by atoms with Gasteiger partial charge in [0.25, 0.3) is 11.5 Å². The molecule has 0 unspecified atom stereocenters. The third-order valence-electron chi connectivity index (χ3n) is 8.38. The van der Waals surface area contributed by atoms with Crippen molar-refractivity contribution in [3.63, 3.8) is 0 Å². The molecule has 46 heavy (non-hydrogen) atoms. The second-order valence-corrected chi connectivity index (χ2v) is 11.7. The molecule has 0 radical (unpaired) electrons. The Morgan fingerprint density at radius 3 is 2.26 bits per heavy atom. The lowest BCUT2D eigenvalue weighted by Gasteiger charge is -2.36. The number of amides is 1. The number of anilines is 1. The standard InChI is InChI=1S/C34H40N8O4/c1-4-15-41-32-30(33(44)42(16-5-2)34(41)45)35-31(36-32)27-22-28(37-38(27)3)46-23-29(43)40-19-17-39(18-20-40)26-13-11-25(12-14-26)21-24-9-7-6-8-10-24/h6-14,22H,4-5,15-21,23H2,1-3H3,(H,35,36). The van der Waals surface area contributed by atoms with E-state index in [-0.39, 0.29) is 29.6 Å². The molecule has 12 heteroatoms. The van der Waals surface area contributed by atoms with Crippen molar-refractivity contribution in [3.8, 4) is 17.4 Å². The van der Waals surface area contributed by atoms with E-state index in [1.54, 1.807) is 22.4 Å². The Morgan fingerprint density at radius 1 is 0.891 bits per heavy atom. The van der Waals surface area contributed by atoms with E-state index >= 15 is 0 Å². The number of nitrogens with zero attached hydrogens (tertiary/aromatic N) is 7. The molecule has 1 N–H and O–H groups in total. The van der Waals surface area contributed by atoms with E-state index in [0.29, 0.717) is 49.8 Å². The van der Waals surface area contributed by atoms with Crippen LogP contribution in [0.15, 0.2) is 70.3 Å². The Labute approximate surface area is 266 Å². The van der Waals surface area contributed by atoms with Crippen LogP contribution in [0, 0.1) is 0 Å². The second kappa shape index (κ2) is 13.5. The molecule has 1 amide bonds. The van der Waals surface area contributed by atoms with Crippen LogP contribution in [0.2, 0.25) is 0 Å². The maximum atomic E-state index is 13.1. The fourth-order valence-electron chi connectivity index (χ4n) is 5.96. The van der Waals surface area contributed by atoms with Crippen LogP contribution in [-0.2, 0) is 31.4 Å². The van der Waals surface area contributed by atoms with Gasteiger partial charge >= 0.3 is 5.69 Å². The Morgan fingerprint density at radius 2 is 1.57 bits per heavy atom. The van der Waals surface area contributed by atoms with Gasteiger partial charge in [-0.2, -0.15) is 0 Å². The fourth-order valence-corrected chi connectivity index (χ4v) is 5.96. The number of piperazine rings is 1. The average molecular weight is 625 g/mol. The Balaban J connectivity index is 1.07. The predicted molar refractivity (Wildman–Crippen MR) is 177 cm³/mol. The number of ether oxygens (including phenoxy) is 1. The van der Waals surface area contributed by atoms with Crippen molar-refractivity contribution in [1.29, 1.82) is 0 Å². The van der Waals surface area contributed by atoms with E-state index in [1.165, 1.54) is 15.7 Å². The van der Waals surface area contributed by atoms with Gasteiger partial charge in [0.05, 0.1) is 0 Å². The van der Waals surface area contributed by atoms with Gasteiger partial charge in [-0.25, -0.2) is 9.78 Å². The van der Waals surface area contributed by atoms with Crippen LogP contribution < -0.4 is 20.9 Å². The maximum absolute atomic E-state index is 13.1. The van der Waals surface area contributed by atoms with E-state index in [2.05, 4.69) is 68.5 Å². The third kappa shape index (κ3) is 6.33. The highest BCUT2D eigenvalue weighted by atomic mass is 16.5. The van der Waals surface area contributed by atoms with E-state index in [9.17, 15) is 14.4 Å². The summed E-state index contributed by atoms with van der Waals surface area (Å²) < 4.78 is 10.2. The minimum atomic E-state index is -0.391. The number of aryl methyl sites for hydroxylation is 2. The molecular formula is C34H40N8O4. The van der Waals surface area contributed by atoms with Crippen LogP contribution in [-0.4, -0.2) is 72.5 Å². The number of rotatable bonds is 11. The van der Waals surface area contributed by atoms with Gasteiger partial charge in [0, 0.05) is 58.1 Å². The average Bonchev–Trinajstić information content (AvgIpc) is 3.68. The number of carbonyl (C=O) groups excluding carboxylic acids is 1. The van der Waals surface area contributed by atoms with Gasteiger partial charge in [0.15, 0.2) is 18.1 Å². The van der Waals surface area contributed by atoms with Crippen molar-refractivity contribution in [1.82, 2.24) is 33.8 Å². The first-order chi connectivity index (χ1) is 22.4. The van der Waals surface area contributed by atoms with Gasteiger partial charge < -0.3 is 19.5 Å². The van der Waals surface area contributed by atoms with Crippen molar-refractivity contribution in [2.75, 3.05) is 37.7 Å². The summed E-state index contributed by atoms with van der Waals surface area (Å²) in [6.07, 6.45) is 2.28. The molecule has 1 aliphatic rings. The fraction of sp³-hybridized carbons (Fsp3) is 0.382. The molecule has 0 aliphatic carbocycles. The van der Waals surface area contributed by atoms with Crippen LogP contribution in [0.1, 0.15) is 37.8 Å². The zero-order valence-electron chi connectivity index (χ0n) is 26.6. The van der Waals surface area contributed by atoms with Gasteiger partial charge in [0.1, 0.15) is 11.2 Å². The summed E-state index contributed by atoms with van der Waals surface area (Å²) in [6, 6.07) is 20.8. The van der Waals surface area contributed by atoms with Crippen LogP contribution in [0.5, 0.6) is 5.88 Å². The topological polar surface area (TPSA) is 123 Å². The molecule has 240 valence electrons. The number of H-pyrrole nitrogens is 1. The third-order valence-corrected chi connectivity index (χ3v) is 8.38. The first-order valence-electron chi connectivity index (χ1n) is 15.9. The number of aromatic nitrogens is 6. The highest BCUT2D eigenvalue weighted by Gasteiger charge is 2.23. The number of aromatic amines is 1. The van der Waals surface area contributed by atoms with Crippen molar-refractivity contribution in [2.45, 2.75) is 46.2 Å². The molecule has 0 bridgehead atoms. The molecule has 0 spiro atoms. The minimum Gasteiger partial charge on any atom is -0.466 e. The first kappa shape index (κ1) is 30.9. The summed E-state index contributed by atoms with van der Waals surface area (Å²) in [4.78, 5) is 51.0. The van der Waals surface area contributed by atoms with Gasteiger partial charge in [-0.05, 0) is 42.5 Å². The van der Waals surface area contributed by atoms with Gasteiger partial charge in [0.2, 0.25) is 5.88 Å². The number of benzene rings is 2. The SMILES string of the molecule is CCCn1c(=O)c2[nH]c(-c3cc(OCC(=O)N4CCN(c5ccc(Cc6ccccc6)cc5)CC4)nn3C)nc2n(CCC)c1=O. The maximum Gasteiger partial charge on any atom is 0.332 e. The van der Waals surface area contributed by atoms with Gasteiger partial charge in [-0.15, -0.1) is 5.10 Å². The molecular weight excluding hydrogens is 584 g/mol. The highest BCUT2D eigenvalue weighted by molar-refractivity contribution is 5.78. The van der Waals surface area contributed by atoms with Crippen molar-refractivity contribution in [2.24, 2.45) is 7.05 Å². The summed E-state index contributed by atoms with van der Waals surface area (Å²) in [5, 5.41) is 4.41. The van der Waals surface area contributed by atoms with Crippen LogP contribution >= 0.6 is 0 Å². The summed E-state index contributed by atoms with van der Waals surface area (Å²) in [7, 11) is 1.74. The molecule has 0 atom stereocenters. The van der Waals surface area contributed by atoms with Crippen LogP contribution in [0.3, 0.4) is 0 Å². The van der Waals surface area contributed by atoms with E-state index in [4.69, 9.17) is 4.74 Å². The predicted octanol–water partition coefficient (Wildman–Crippen LogP) is 3.43. The minimum absolute atomic E-state index is 0.103.